The Morgan fingerprint density at radius 3 is 2.83 bits per heavy atom. The van der Waals surface area contributed by atoms with Gasteiger partial charge in [0, 0.05) is 18.9 Å². The van der Waals surface area contributed by atoms with Crippen LogP contribution in [0.25, 0.3) is 0 Å². The van der Waals surface area contributed by atoms with E-state index in [9.17, 15) is 4.39 Å². The third kappa shape index (κ3) is 3.53. The molecule has 0 aliphatic rings. The Morgan fingerprint density at radius 1 is 1.22 bits per heavy atom. The minimum absolute atomic E-state index is 0.311. The molecule has 4 heteroatoms. The van der Waals surface area contributed by atoms with Gasteiger partial charge in [0.25, 0.3) is 0 Å². The molecule has 0 fully saturated rings. The van der Waals surface area contributed by atoms with Gasteiger partial charge in [-0.1, -0.05) is 12.1 Å². The molecule has 0 atom stereocenters. The highest BCUT2D eigenvalue weighted by Gasteiger charge is 2.01. The number of nitrogens with one attached hydrogen (secondary N) is 1. The molecule has 2 rings (SSSR count). The molecule has 2 N–H and O–H groups in total. The van der Waals surface area contributed by atoms with Gasteiger partial charge in [-0.15, -0.1) is 0 Å². The number of phenolic OH excluding ortho intramolecular Hbond substituents is 1. The Labute approximate surface area is 105 Å². The van der Waals surface area contributed by atoms with Crippen LogP contribution in [0, 0.1) is 5.82 Å². The normalized spacial score (nSPS) is 10.5. The largest absolute Gasteiger partial charge is 0.505 e. The SMILES string of the molecule is Oc1ccc(CNCCc2cccnc2)cc1F. The maximum atomic E-state index is 13.1. The second kappa shape index (κ2) is 6.12. The van der Waals surface area contributed by atoms with E-state index in [1.807, 2.05) is 18.3 Å². The van der Waals surface area contributed by atoms with Crippen LogP contribution in [-0.4, -0.2) is 16.6 Å². The van der Waals surface area contributed by atoms with Crippen LogP contribution >= 0.6 is 0 Å². The monoisotopic (exact) mass is 246 g/mol. The molecule has 0 saturated carbocycles. The van der Waals surface area contributed by atoms with Crippen molar-refractivity contribution in [1.29, 1.82) is 0 Å². The van der Waals surface area contributed by atoms with Crippen molar-refractivity contribution in [2.45, 2.75) is 13.0 Å². The Kier molecular flexibility index (Phi) is 4.25. The number of halogens is 1. The van der Waals surface area contributed by atoms with E-state index < -0.39 is 5.82 Å². The lowest BCUT2D eigenvalue weighted by molar-refractivity contribution is 0.431. The van der Waals surface area contributed by atoms with Crippen LogP contribution in [0.4, 0.5) is 4.39 Å². The molecule has 0 radical (unpaired) electrons. The summed E-state index contributed by atoms with van der Waals surface area (Å²) in [5.74, 6) is -0.893. The minimum Gasteiger partial charge on any atom is -0.505 e. The lowest BCUT2D eigenvalue weighted by Gasteiger charge is -2.05. The van der Waals surface area contributed by atoms with Crippen molar-refractivity contribution in [2.24, 2.45) is 0 Å². The summed E-state index contributed by atoms with van der Waals surface area (Å²) in [6, 6.07) is 8.34. The highest BCUT2D eigenvalue weighted by Crippen LogP contribution is 2.15. The van der Waals surface area contributed by atoms with Crippen LogP contribution in [0.5, 0.6) is 5.75 Å². The summed E-state index contributed by atoms with van der Waals surface area (Å²) in [7, 11) is 0. The first-order valence-electron chi connectivity index (χ1n) is 5.83. The predicted molar refractivity (Wildman–Crippen MR) is 67.7 cm³/mol. The van der Waals surface area contributed by atoms with Crippen LogP contribution in [0.15, 0.2) is 42.7 Å². The predicted octanol–water partition coefficient (Wildman–Crippen LogP) is 2.26. The minimum atomic E-state index is -0.582. The van der Waals surface area contributed by atoms with Gasteiger partial charge in [0.2, 0.25) is 0 Å². The lowest BCUT2D eigenvalue weighted by Crippen LogP contribution is -2.16. The summed E-state index contributed by atoms with van der Waals surface area (Å²) in [6.45, 7) is 1.38. The van der Waals surface area contributed by atoms with Gasteiger partial charge in [0.1, 0.15) is 0 Å². The number of aromatic nitrogens is 1. The fraction of sp³-hybridized carbons (Fsp3) is 0.214. The van der Waals surface area contributed by atoms with Crippen LogP contribution in [-0.2, 0) is 13.0 Å². The zero-order chi connectivity index (χ0) is 12.8. The first-order chi connectivity index (χ1) is 8.75. The zero-order valence-corrected chi connectivity index (χ0v) is 9.94. The number of aromatic hydroxyl groups is 1. The van der Waals surface area contributed by atoms with Gasteiger partial charge in [0.05, 0.1) is 0 Å². The lowest BCUT2D eigenvalue weighted by atomic mass is 10.2. The number of hydrogen-bond acceptors (Lipinski definition) is 3. The Hall–Kier alpha value is -1.94. The zero-order valence-electron chi connectivity index (χ0n) is 9.94. The van der Waals surface area contributed by atoms with Crippen molar-refractivity contribution < 1.29 is 9.50 Å². The number of hydrogen-bond donors (Lipinski definition) is 2. The third-order valence-corrected chi connectivity index (χ3v) is 2.65. The molecular formula is C14H15FN2O. The molecule has 0 bridgehead atoms. The van der Waals surface area contributed by atoms with Crippen molar-refractivity contribution >= 4 is 0 Å². The fourth-order valence-electron chi connectivity index (χ4n) is 1.67. The topological polar surface area (TPSA) is 45.1 Å². The van der Waals surface area contributed by atoms with Gasteiger partial charge >= 0.3 is 0 Å². The second-order valence-corrected chi connectivity index (χ2v) is 4.07. The summed E-state index contributed by atoms with van der Waals surface area (Å²) in [4.78, 5) is 4.04. The molecule has 0 unspecified atom stereocenters. The molecule has 0 amide bonds. The molecule has 0 saturated heterocycles. The average molecular weight is 246 g/mol. The number of pyridine rings is 1. The highest BCUT2D eigenvalue weighted by atomic mass is 19.1. The van der Waals surface area contributed by atoms with Crippen LogP contribution in [0.1, 0.15) is 11.1 Å². The number of benzene rings is 1. The van der Waals surface area contributed by atoms with E-state index in [0.717, 1.165) is 18.5 Å². The van der Waals surface area contributed by atoms with Crippen LogP contribution in [0.3, 0.4) is 0 Å². The average Bonchev–Trinajstić information content (AvgIpc) is 2.40. The Morgan fingerprint density at radius 2 is 2.11 bits per heavy atom. The summed E-state index contributed by atoms with van der Waals surface area (Å²) in [6.07, 6.45) is 4.46. The molecule has 0 aliphatic heterocycles. The Bertz CT molecular complexity index is 502. The quantitative estimate of drug-likeness (QED) is 0.795. The van der Waals surface area contributed by atoms with E-state index in [-0.39, 0.29) is 5.75 Å². The molecular weight excluding hydrogens is 231 g/mol. The maximum absolute atomic E-state index is 13.1. The molecule has 0 aliphatic carbocycles. The third-order valence-electron chi connectivity index (χ3n) is 2.65. The summed E-state index contributed by atoms with van der Waals surface area (Å²) < 4.78 is 13.1. The maximum Gasteiger partial charge on any atom is 0.165 e. The second-order valence-electron chi connectivity index (χ2n) is 4.07. The van der Waals surface area contributed by atoms with Crippen molar-refractivity contribution in [3.8, 4) is 5.75 Å². The summed E-state index contributed by atoms with van der Waals surface area (Å²) in [5, 5.41) is 12.3. The summed E-state index contributed by atoms with van der Waals surface area (Å²) in [5.41, 5.74) is 1.98. The highest BCUT2D eigenvalue weighted by molar-refractivity contribution is 5.27. The molecule has 1 heterocycles. The van der Waals surface area contributed by atoms with E-state index >= 15 is 0 Å². The summed E-state index contributed by atoms with van der Waals surface area (Å²) >= 11 is 0. The van der Waals surface area contributed by atoms with Crippen molar-refractivity contribution in [1.82, 2.24) is 10.3 Å². The number of nitrogens with zero attached hydrogens (tertiary/aromatic N) is 1. The van der Waals surface area contributed by atoms with E-state index in [4.69, 9.17) is 5.11 Å². The standard InChI is InChI=1S/C14H15FN2O/c15-13-8-12(3-4-14(13)18)10-17-7-5-11-2-1-6-16-9-11/h1-4,6,8-9,17-18H,5,7,10H2. The van der Waals surface area contributed by atoms with Gasteiger partial charge in [-0.3, -0.25) is 4.98 Å². The molecule has 94 valence electrons. The van der Waals surface area contributed by atoms with Gasteiger partial charge < -0.3 is 10.4 Å². The van der Waals surface area contributed by atoms with Crippen LogP contribution in [0.2, 0.25) is 0 Å². The first-order valence-corrected chi connectivity index (χ1v) is 5.83. The van der Waals surface area contributed by atoms with E-state index in [0.29, 0.717) is 6.54 Å². The first kappa shape index (κ1) is 12.5. The molecule has 1 aromatic heterocycles. The Balaban J connectivity index is 1.77. The smallest absolute Gasteiger partial charge is 0.165 e. The van der Waals surface area contributed by atoms with Crippen molar-refractivity contribution in [3.63, 3.8) is 0 Å². The van der Waals surface area contributed by atoms with E-state index in [2.05, 4.69) is 10.3 Å². The van der Waals surface area contributed by atoms with Crippen molar-refractivity contribution in [2.75, 3.05) is 6.54 Å². The van der Waals surface area contributed by atoms with Crippen molar-refractivity contribution in [3.05, 3.63) is 59.7 Å². The molecule has 3 nitrogen and oxygen atoms in total. The van der Waals surface area contributed by atoms with Gasteiger partial charge in [-0.05, 0) is 42.3 Å². The number of rotatable bonds is 5. The van der Waals surface area contributed by atoms with Gasteiger partial charge in [0.15, 0.2) is 11.6 Å². The van der Waals surface area contributed by atoms with Gasteiger partial charge in [-0.25, -0.2) is 4.39 Å². The fourth-order valence-corrected chi connectivity index (χ4v) is 1.67. The molecule has 2 aromatic rings. The van der Waals surface area contributed by atoms with E-state index in [1.54, 1.807) is 12.3 Å². The van der Waals surface area contributed by atoms with Crippen LogP contribution < -0.4 is 5.32 Å². The molecule has 18 heavy (non-hydrogen) atoms. The molecule has 1 aromatic carbocycles. The van der Waals surface area contributed by atoms with E-state index in [1.165, 1.54) is 17.7 Å². The molecule has 0 spiro atoms. The number of phenols is 1. The van der Waals surface area contributed by atoms with Gasteiger partial charge in [-0.2, -0.15) is 0 Å².